The molecule has 3 nitrogen and oxygen atoms in total. The van der Waals surface area contributed by atoms with E-state index in [1.54, 1.807) is 6.20 Å². The Kier molecular flexibility index (Phi) is 3.21. The zero-order chi connectivity index (χ0) is 11.5. The largest absolute Gasteiger partial charge is 0.322 e. The summed E-state index contributed by atoms with van der Waals surface area (Å²) in [6, 6.07) is 3.41. The van der Waals surface area contributed by atoms with Crippen molar-refractivity contribution in [2.75, 3.05) is 0 Å². The Balaban J connectivity index is 2.12. The zero-order valence-electron chi connectivity index (χ0n) is 8.23. The Morgan fingerprint density at radius 3 is 2.75 bits per heavy atom. The Hall–Kier alpha value is -1.40. The molecule has 0 fully saturated rings. The molecule has 0 aliphatic heterocycles. The lowest BCUT2D eigenvalue weighted by Crippen LogP contribution is -2.13. The number of nitrogens with two attached hydrogens (primary N) is 1. The minimum absolute atomic E-state index is 0.344. The summed E-state index contributed by atoms with van der Waals surface area (Å²) in [6.07, 6.45) is 1.98. The van der Waals surface area contributed by atoms with E-state index in [1.807, 2.05) is 0 Å². The van der Waals surface area contributed by atoms with E-state index in [-0.39, 0.29) is 6.04 Å². The van der Waals surface area contributed by atoms with Crippen molar-refractivity contribution in [1.29, 1.82) is 0 Å². The Morgan fingerprint density at radius 2 is 2.12 bits per heavy atom. The Morgan fingerprint density at radius 1 is 1.31 bits per heavy atom. The molecule has 2 N–H and O–H groups in total. The summed E-state index contributed by atoms with van der Waals surface area (Å²) < 4.78 is 33.4. The van der Waals surface area contributed by atoms with Crippen molar-refractivity contribution in [3.8, 4) is 0 Å². The van der Waals surface area contributed by atoms with Crippen LogP contribution < -0.4 is 5.73 Å². The van der Waals surface area contributed by atoms with E-state index < -0.39 is 11.6 Å². The van der Waals surface area contributed by atoms with Gasteiger partial charge in [0.15, 0.2) is 11.6 Å². The average molecular weight is 241 g/mol. The van der Waals surface area contributed by atoms with Crippen LogP contribution in [0.2, 0.25) is 0 Å². The number of aromatic nitrogens is 2. The van der Waals surface area contributed by atoms with Gasteiger partial charge < -0.3 is 5.73 Å². The van der Waals surface area contributed by atoms with Crippen molar-refractivity contribution in [2.24, 2.45) is 5.73 Å². The van der Waals surface area contributed by atoms with Gasteiger partial charge in [0.1, 0.15) is 0 Å². The van der Waals surface area contributed by atoms with Crippen LogP contribution in [0.1, 0.15) is 17.3 Å². The third kappa shape index (κ3) is 2.40. The van der Waals surface area contributed by atoms with Gasteiger partial charge >= 0.3 is 0 Å². The molecule has 2 aromatic rings. The summed E-state index contributed by atoms with van der Waals surface area (Å²) in [4.78, 5) is 0. The maximum Gasteiger partial charge on any atom is 0.159 e. The predicted molar refractivity (Wildman–Crippen MR) is 56.9 cm³/mol. The minimum Gasteiger partial charge on any atom is -0.322 e. The molecule has 0 saturated carbocycles. The van der Waals surface area contributed by atoms with Gasteiger partial charge in [-0.2, -0.15) is 8.75 Å². The van der Waals surface area contributed by atoms with Crippen LogP contribution in [0.3, 0.4) is 0 Å². The number of halogens is 2. The SMILES string of the molecule is NC(Cc1ccc(F)c(F)c1)c1cnsn1. The van der Waals surface area contributed by atoms with Gasteiger partial charge in [0.25, 0.3) is 0 Å². The van der Waals surface area contributed by atoms with Gasteiger partial charge in [-0.3, -0.25) is 0 Å². The topological polar surface area (TPSA) is 51.8 Å². The fourth-order valence-electron chi connectivity index (χ4n) is 1.36. The van der Waals surface area contributed by atoms with Crippen LogP contribution in [0.4, 0.5) is 8.78 Å². The van der Waals surface area contributed by atoms with Gasteiger partial charge in [-0.05, 0) is 24.1 Å². The highest BCUT2D eigenvalue weighted by atomic mass is 32.1. The second-order valence-corrected chi connectivity index (χ2v) is 3.95. The second kappa shape index (κ2) is 4.63. The first kappa shape index (κ1) is 11.1. The molecule has 1 aromatic heterocycles. The molecule has 0 amide bonds. The summed E-state index contributed by atoms with van der Waals surface area (Å²) in [5, 5.41) is 0. The van der Waals surface area contributed by atoms with E-state index in [0.29, 0.717) is 17.7 Å². The first-order chi connectivity index (χ1) is 7.66. The Bertz CT molecular complexity index is 473. The van der Waals surface area contributed by atoms with Gasteiger partial charge in [-0.1, -0.05) is 6.07 Å². The van der Waals surface area contributed by atoms with Gasteiger partial charge in [0.2, 0.25) is 0 Å². The highest BCUT2D eigenvalue weighted by Gasteiger charge is 2.11. The van der Waals surface area contributed by atoms with Crippen LogP contribution in [0.25, 0.3) is 0 Å². The van der Waals surface area contributed by atoms with Crippen molar-refractivity contribution < 1.29 is 8.78 Å². The average Bonchev–Trinajstić information content (AvgIpc) is 2.77. The summed E-state index contributed by atoms with van der Waals surface area (Å²) >= 11 is 1.07. The van der Waals surface area contributed by atoms with Crippen LogP contribution in [0.15, 0.2) is 24.4 Å². The maximum absolute atomic E-state index is 12.9. The highest BCUT2D eigenvalue weighted by molar-refractivity contribution is 6.99. The molecule has 0 radical (unpaired) electrons. The van der Waals surface area contributed by atoms with Crippen LogP contribution in [0, 0.1) is 11.6 Å². The molecular formula is C10H9F2N3S. The molecule has 0 aliphatic carbocycles. The third-order valence-corrected chi connectivity index (χ3v) is 2.69. The first-order valence-corrected chi connectivity index (χ1v) is 5.37. The molecule has 84 valence electrons. The lowest BCUT2D eigenvalue weighted by Gasteiger charge is -2.08. The molecule has 1 aromatic carbocycles. The quantitative estimate of drug-likeness (QED) is 0.894. The van der Waals surface area contributed by atoms with E-state index >= 15 is 0 Å². The molecule has 0 spiro atoms. The molecule has 1 atom stereocenters. The number of nitrogens with zero attached hydrogens (tertiary/aromatic N) is 2. The summed E-state index contributed by atoms with van der Waals surface area (Å²) in [5.74, 6) is -1.71. The molecule has 0 saturated heterocycles. The standard InChI is InChI=1S/C10H9F2N3S/c11-7-2-1-6(3-8(7)12)4-9(13)10-5-14-16-15-10/h1-3,5,9H,4,13H2. The molecule has 6 heteroatoms. The molecule has 0 aliphatic rings. The lowest BCUT2D eigenvalue weighted by atomic mass is 10.0. The van der Waals surface area contributed by atoms with Crippen LogP contribution in [-0.2, 0) is 6.42 Å². The molecule has 2 rings (SSSR count). The zero-order valence-corrected chi connectivity index (χ0v) is 9.05. The van der Waals surface area contributed by atoms with E-state index in [0.717, 1.165) is 23.9 Å². The molecule has 1 heterocycles. The maximum atomic E-state index is 12.9. The van der Waals surface area contributed by atoms with Crippen molar-refractivity contribution in [2.45, 2.75) is 12.5 Å². The molecular weight excluding hydrogens is 232 g/mol. The van der Waals surface area contributed by atoms with Crippen LogP contribution >= 0.6 is 11.7 Å². The number of benzene rings is 1. The van der Waals surface area contributed by atoms with E-state index in [2.05, 4.69) is 8.75 Å². The number of rotatable bonds is 3. The van der Waals surface area contributed by atoms with Crippen molar-refractivity contribution in [1.82, 2.24) is 8.75 Å². The smallest absolute Gasteiger partial charge is 0.159 e. The van der Waals surface area contributed by atoms with Crippen LogP contribution in [-0.4, -0.2) is 8.75 Å². The fraction of sp³-hybridized carbons (Fsp3) is 0.200. The number of hydrogen-bond donors (Lipinski definition) is 1. The summed E-state index contributed by atoms with van der Waals surface area (Å²) in [6.45, 7) is 0. The van der Waals surface area contributed by atoms with E-state index in [4.69, 9.17) is 5.73 Å². The van der Waals surface area contributed by atoms with Gasteiger partial charge in [-0.25, -0.2) is 8.78 Å². The van der Waals surface area contributed by atoms with Gasteiger partial charge in [-0.15, -0.1) is 0 Å². The van der Waals surface area contributed by atoms with Crippen molar-refractivity contribution in [3.05, 3.63) is 47.3 Å². The summed E-state index contributed by atoms with van der Waals surface area (Å²) in [7, 11) is 0. The van der Waals surface area contributed by atoms with Crippen LogP contribution in [0.5, 0.6) is 0 Å². The van der Waals surface area contributed by atoms with Gasteiger partial charge in [0, 0.05) is 0 Å². The molecule has 16 heavy (non-hydrogen) atoms. The Labute approximate surface area is 95.3 Å². The first-order valence-electron chi connectivity index (χ1n) is 4.64. The predicted octanol–water partition coefficient (Wildman–Crippen LogP) is 2.06. The highest BCUT2D eigenvalue weighted by Crippen LogP contribution is 2.16. The molecule has 1 unspecified atom stereocenters. The van der Waals surface area contributed by atoms with Crippen molar-refractivity contribution >= 4 is 11.7 Å². The number of hydrogen-bond acceptors (Lipinski definition) is 4. The monoisotopic (exact) mass is 241 g/mol. The summed E-state index contributed by atoms with van der Waals surface area (Å²) in [5.41, 5.74) is 7.15. The molecule has 0 bridgehead atoms. The second-order valence-electron chi connectivity index (χ2n) is 3.39. The van der Waals surface area contributed by atoms with E-state index in [1.165, 1.54) is 6.07 Å². The van der Waals surface area contributed by atoms with Crippen molar-refractivity contribution in [3.63, 3.8) is 0 Å². The van der Waals surface area contributed by atoms with Gasteiger partial charge in [0.05, 0.1) is 29.7 Å². The third-order valence-electron chi connectivity index (χ3n) is 2.20. The van der Waals surface area contributed by atoms with E-state index in [9.17, 15) is 8.78 Å². The normalized spacial score (nSPS) is 12.7. The lowest BCUT2D eigenvalue weighted by molar-refractivity contribution is 0.506. The minimum atomic E-state index is -0.860. The fourth-order valence-corrected chi connectivity index (χ4v) is 1.84.